The van der Waals surface area contributed by atoms with Crippen LogP contribution in [-0.2, 0) is 0 Å². The summed E-state index contributed by atoms with van der Waals surface area (Å²) in [5.74, 6) is 0.383. The molecule has 0 aromatic carbocycles. The van der Waals surface area contributed by atoms with E-state index in [0.717, 1.165) is 0 Å². The zero-order chi connectivity index (χ0) is 7.28. The summed E-state index contributed by atoms with van der Waals surface area (Å²) in [5.41, 5.74) is 5.65. The molecule has 2 N–H and O–H groups in total. The topological polar surface area (TPSA) is 62.2 Å². The smallest absolute Gasteiger partial charge is 0.120 e. The van der Waals surface area contributed by atoms with Gasteiger partial charge in [0.15, 0.2) is 0 Å². The monoisotopic (exact) mass is 123 g/mol. The molecule has 0 aliphatic rings. The molecule has 0 radical (unpaired) electrons. The number of aliphatic imine (C=N–C) groups is 1. The number of nitriles is 1. The third-order valence-electron chi connectivity index (χ3n) is 0.754. The fraction of sp³-hybridized carbons (Fsp3) is 0.333. The standard InChI is InChI=1S/C6H9N3/c1-3-6(8)9-5(2)4-7/h3H,8H2,1-2H3/b6-3-,9-5+. The second-order valence-electron chi connectivity index (χ2n) is 1.52. The number of nitrogens with two attached hydrogens (primary N) is 1. The number of rotatable bonds is 1. The normalized spacial score (nSPS) is 13.0. The Morgan fingerprint density at radius 2 is 2.33 bits per heavy atom. The Morgan fingerprint density at radius 1 is 1.78 bits per heavy atom. The van der Waals surface area contributed by atoms with Gasteiger partial charge < -0.3 is 5.73 Å². The summed E-state index contributed by atoms with van der Waals surface area (Å²) in [7, 11) is 0. The Hall–Kier alpha value is -1.30. The van der Waals surface area contributed by atoms with E-state index in [1.54, 1.807) is 19.9 Å². The molecule has 0 aliphatic carbocycles. The van der Waals surface area contributed by atoms with Crippen molar-refractivity contribution in [3.8, 4) is 6.07 Å². The molecule has 0 rings (SSSR count). The number of hydrogen-bond acceptors (Lipinski definition) is 3. The molecule has 0 atom stereocenters. The van der Waals surface area contributed by atoms with Gasteiger partial charge in [0.25, 0.3) is 0 Å². The Balaban J connectivity index is 4.17. The Morgan fingerprint density at radius 3 is 2.67 bits per heavy atom. The van der Waals surface area contributed by atoms with Gasteiger partial charge in [-0.05, 0) is 19.9 Å². The van der Waals surface area contributed by atoms with Crippen molar-refractivity contribution in [3.05, 3.63) is 11.9 Å². The second kappa shape index (κ2) is 3.67. The van der Waals surface area contributed by atoms with Gasteiger partial charge in [-0.25, -0.2) is 4.99 Å². The van der Waals surface area contributed by atoms with Crippen molar-refractivity contribution in [3.63, 3.8) is 0 Å². The van der Waals surface area contributed by atoms with Crippen molar-refractivity contribution in [2.24, 2.45) is 10.7 Å². The molecule has 0 aromatic rings. The van der Waals surface area contributed by atoms with Crippen LogP contribution in [0.3, 0.4) is 0 Å². The zero-order valence-electron chi connectivity index (χ0n) is 5.55. The van der Waals surface area contributed by atoms with Crippen LogP contribution in [0, 0.1) is 11.3 Å². The second-order valence-corrected chi connectivity index (χ2v) is 1.52. The molecule has 0 saturated carbocycles. The van der Waals surface area contributed by atoms with E-state index in [1.165, 1.54) is 0 Å². The SMILES string of the molecule is C/C=C(N)\N=C(/C)C#N. The van der Waals surface area contributed by atoms with E-state index < -0.39 is 0 Å². The van der Waals surface area contributed by atoms with Gasteiger partial charge in [-0.15, -0.1) is 0 Å². The number of hydrogen-bond donors (Lipinski definition) is 1. The molecule has 0 spiro atoms. The van der Waals surface area contributed by atoms with E-state index in [0.29, 0.717) is 11.5 Å². The van der Waals surface area contributed by atoms with Crippen molar-refractivity contribution >= 4 is 5.71 Å². The summed E-state index contributed by atoms with van der Waals surface area (Å²) in [5, 5.41) is 8.22. The molecule has 0 unspecified atom stereocenters. The highest BCUT2D eigenvalue weighted by molar-refractivity contribution is 5.96. The zero-order valence-corrected chi connectivity index (χ0v) is 5.55. The first-order chi connectivity index (χ1) is 4.20. The molecule has 0 aliphatic heterocycles. The van der Waals surface area contributed by atoms with Gasteiger partial charge in [0.05, 0.1) is 0 Å². The maximum atomic E-state index is 8.22. The van der Waals surface area contributed by atoms with Crippen LogP contribution in [0.5, 0.6) is 0 Å². The van der Waals surface area contributed by atoms with Crippen molar-refractivity contribution < 1.29 is 0 Å². The summed E-state index contributed by atoms with van der Waals surface area (Å²) in [6.07, 6.45) is 1.64. The lowest BCUT2D eigenvalue weighted by molar-refractivity contribution is 1.22. The highest BCUT2D eigenvalue weighted by Gasteiger charge is 1.84. The van der Waals surface area contributed by atoms with Gasteiger partial charge in [0.1, 0.15) is 17.6 Å². The van der Waals surface area contributed by atoms with Crippen molar-refractivity contribution in [2.75, 3.05) is 0 Å². The van der Waals surface area contributed by atoms with Crippen LogP contribution in [0.15, 0.2) is 16.9 Å². The molecular formula is C6H9N3. The first-order valence-corrected chi connectivity index (χ1v) is 2.58. The summed E-state index contributed by atoms with van der Waals surface area (Å²) in [6.45, 7) is 3.37. The van der Waals surface area contributed by atoms with Crippen molar-refractivity contribution in [2.45, 2.75) is 13.8 Å². The van der Waals surface area contributed by atoms with Crippen LogP contribution in [0.25, 0.3) is 0 Å². The van der Waals surface area contributed by atoms with Crippen LogP contribution in [0.1, 0.15) is 13.8 Å². The van der Waals surface area contributed by atoms with Crippen LogP contribution >= 0.6 is 0 Å². The lowest BCUT2D eigenvalue weighted by Gasteiger charge is -1.87. The van der Waals surface area contributed by atoms with E-state index in [2.05, 4.69) is 4.99 Å². The van der Waals surface area contributed by atoms with E-state index in [4.69, 9.17) is 11.0 Å². The largest absolute Gasteiger partial charge is 0.384 e. The van der Waals surface area contributed by atoms with Crippen LogP contribution in [0.2, 0.25) is 0 Å². The van der Waals surface area contributed by atoms with E-state index in [9.17, 15) is 0 Å². The molecule has 0 heterocycles. The van der Waals surface area contributed by atoms with Crippen molar-refractivity contribution in [1.29, 1.82) is 5.26 Å². The predicted molar refractivity (Wildman–Crippen MR) is 36.7 cm³/mol. The average Bonchev–Trinajstić information content (AvgIpc) is 1.87. The van der Waals surface area contributed by atoms with Gasteiger partial charge in [0.2, 0.25) is 0 Å². The van der Waals surface area contributed by atoms with Gasteiger partial charge in [-0.2, -0.15) is 5.26 Å². The molecule has 0 fully saturated rings. The van der Waals surface area contributed by atoms with Crippen LogP contribution in [0.4, 0.5) is 0 Å². The minimum Gasteiger partial charge on any atom is -0.384 e. The number of allylic oxidation sites excluding steroid dienone is 1. The fourth-order valence-corrected chi connectivity index (χ4v) is 0.283. The molecular weight excluding hydrogens is 114 g/mol. The maximum absolute atomic E-state index is 8.22. The van der Waals surface area contributed by atoms with Gasteiger partial charge in [-0.3, -0.25) is 0 Å². The number of nitrogens with zero attached hydrogens (tertiary/aromatic N) is 2. The summed E-state index contributed by atoms with van der Waals surface area (Å²) in [4.78, 5) is 3.71. The van der Waals surface area contributed by atoms with Gasteiger partial charge in [-0.1, -0.05) is 0 Å². The van der Waals surface area contributed by atoms with E-state index in [1.807, 2.05) is 6.07 Å². The molecule has 48 valence electrons. The highest BCUT2D eigenvalue weighted by atomic mass is 14.9. The minimum atomic E-state index is 0.380. The first kappa shape index (κ1) is 7.70. The summed E-state index contributed by atoms with van der Waals surface area (Å²) < 4.78 is 0. The Kier molecular flexibility index (Phi) is 3.14. The third-order valence-corrected chi connectivity index (χ3v) is 0.754. The lowest BCUT2D eigenvalue weighted by atomic mass is 10.5. The summed E-state index contributed by atoms with van der Waals surface area (Å²) >= 11 is 0. The molecule has 9 heavy (non-hydrogen) atoms. The third kappa shape index (κ3) is 3.30. The maximum Gasteiger partial charge on any atom is 0.120 e. The van der Waals surface area contributed by atoms with Crippen LogP contribution in [-0.4, -0.2) is 5.71 Å². The minimum absolute atomic E-state index is 0.380. The molecule has 0 bridgehead atoms. The lowest BCUT2D eigenvalue weighted by Crippen LogP contribution is -1.95. The summed E-state index contributed by atoms with van der Waals surface area (Å²) in [6, 6.07) is 1.86. The molecule has 3 heteroatoms. The van der Waals surface area contributed by atoms with E-state index >= 15 is 0 Å². The van der Waals surface area contributed by atoms with Crippen molar-refractivity contribution in [1.82, 2.24) is 0 Å². The first-order valence-electron chi connectivity index (χ1n) is 2.58. The quantitative estimate of drug-likeness (QED) is 0.524. The van der Waals surface area contributed by atoms with Gasteiger partial charge >= 0.3 is 0 Å². The fourth-order valence-electron chi connectivity index (χ4n) is 0.283. The average molecular weight is 123 g/mol. The molecule has 0 aromatic heterocycles. The Labute approximate surface area is 54.5 Å². The van der Waals surface area contributed by atoms with Gasteiger partial charge in [0, 0.05) is 0 Å². The Bertz CT molecular complexity index is 183. The molecule has 0 saturated heterocycles. The molecule has 0 amide bonds. The highest BCUT2D eigenvalue weighted by Crippen LogP contribution is 1.85. The predicted octanol–water partition coefficient (Wildman–Crippen LogP) is 0.791. The molecule has 3 nitrogen and oxygen atoms in total. The van der Waals surface area contributed by atoms with Crippen LogP contribution < -0.4 is 5.73 Å². The van der Waals surface area contributed by atoms with E-state index in [-0.39, 0.29) is 0 Å².